The van der Waals surface area contributed by atoms with Gasteiger partial charge >= 0.3 is 0 Å². The molecule has 0 aliphatic heterocycles. The second-order valence-electron chi connectivity index (χ2n) is 4.87. The first-order chi connectivity index (χ1) is 11.2. The van der Waals surface area contributed by atoms with Gasteiger partial charge in [-0.3, -0.25) is 9.52 Å². The summed E-state index contributed by atoms with van der Waals surface area (Å²) < 4.78 is 30.8. The molecule has 0 radical (unpaired) electrons. The zero-order chi connectivity index (χ0) is 17.7. The van der Waals surface area contributed by atoms with E-state index in [1.165, 1.54) is 6.07 Å². The number of benzene rings is 2. The van der Waals surface area contributed by atoms with Crippen molar-refractivity contribution in [3.63, 3.8) is 0 Å². The minimum Gasteiger partial charge on any atom is -0.483 e. The number of carbonyl (C=O) groups is 1. The number of sulfonamides is 1. The number of nitrogens with one attached hydrogen (secondary N) is 2. The molecule has 0 aliphatic carbocycles. The first kappa shape index (κ1) is 18.6. The van der Waals surface area contributed by atoms with Gasteiger partial charge < -0.3 is 10.1 Å². The molecule has 6 nitrogen and oxygen atoms in total. The Bertz CT molecular complexity index is 858. The second kappa shape index (κ2) is 7.87. The summed E-state index contributed by atoms with van der Waals surface area (Å²) >= 11 is 9.13. The second-order valence-corrected chi connectivity index (χ2v) is 7.91. The summed E-state index contributed by atoms with van der Waals surface area (Å²) in [6, 6.07) is 11.3. The maximum Gasteiger partial charge on any atom is 0.262 e. The summed E-state index contributed by atoms with van der Waals surface area (Å²) in [6.07, 6.45) is 1.05. The smallest absolute Gasteiger partial charge is 0.262 e. The average Bonchev–Trinajstić information content (AvgIpc) is 2.45. The summed E-state index contributed by atoms with van der Waals surface area (Å²) in [5, 5.41) is 3.18. The highest BCUT2D eigenvalue weighted by Gasteiger charge is 2.08. The van der Waals surface area contributed by atoms with Crippen LogP contribution in [-0.4, -0.2) is 27.2 Å². The molecule has 0 saturated carbocycles. The maximum atomic E-state index is 11.9. The lowest BCUT2D eigenvalue weighted by Gasteiger charge is -2.10. The van der Waals surface area contributed by atoms with Crippen LogP contribution in [0.4, 0.5) is 11.4 Å². The van der Waals surface area contributed by atoms with Gasteiger partial charge in [-0.15, -0.1) is 0 Å². The van der Waals surface area contributed by atoms with Gasteiger partial charge in [0.2, 0.25) is 10.0 Å². The van der Waals surface area contributed by atoms with Crippen molar-refractivity contribution in [3.8, 4) is 5.75 Å². The molecule has 0 atom stereocenters. The minimum atomic E-state index is -3.38. The van der Waals surface area contributed by atoms with E-state index in [1.54, 1.807) is 36.4 Å². The van der Waals surface area contributed by atoms with Crippen LogP contribution in [0.15, 0.2) is 46.9 Å². The van der Waals surface area contributed by atoms with Gasteiger partial charge in [0, 0.05) is 10.7 Å². The Morgan fingerprint density at radius 3 is 2.58 bits per heavy atom. The Hall–Kier alpha value is -1.77. The van der Waals surface area contributed by atoms with Crippen molar-refractivity contribution in [2.45, 2.75) is 0 Å². The van der Waals surface area contributed by atoms with E-state index in [-0.39, 0.29) is 12.5 Å². The summed E-state index contributed by atoms with van der Waals surface area (Å²) in [7, 11) is -3.38. The van der Waals surface area contributed by atoms with Crippen molar-refractivity contribution < 1.29 is 17.9 Å². The van der Waals surface area contributed by atoms with E-state index in [2.05, 4.69) is 26.0 Å². The molecular weight excluding hydrogens is 420 g/mol. The van der Waals surface area contributed by atoms with Crippen molar-refractivity contribution in [1.29, 1.82) is 0 Å². The molecule has 2 aromatic rings. The van der Waals surface area contributed by atoms with Crippen LogP contribution in [0.3, 0.4) is 0 Å². The van der Waals surface area contributed by atoms with Crippen LogP contribution >= 0.6 is 27.5 Å². The topological polar surface area (TPSA) is 84.5 Å². The molecule has 2 aromatic carbocycles. The van der Waals surface area contributed by atoms with Gasteiger partial charge in [-0.05, 0) is 52.3 Å². The molecule has 1 amide bonds. The maximum absolute atomic E-state index is 11.9. The SMILES string of the molecule is CS(=O)(=O)Nc1cccc(NC(=O)COc2ccc(Cl)cc2Br)c1. The number of anilines is 2. The number of amides is 1. The predicted octanol–water partition coefficient (Wildman–Crippen LogP) is 3.49. The van der Waals surface area contributed by atoms with Gasteiger partial charge in [0.25, 0.3) is 5.91 Å². The third-order valence-electron chi connectivity index (χ3n) is 2.70. The molecule has 24 heavy (non-hydrogen) atoms. The third kappa shape index (κ3) is 6.03. The van der Waals surface area contributed by atoms with Gasteiger partial charge in [0.15, 0.2) is 6.61 Å². The number of ether oxygens (including phenoxy) is 1. The predicted molar refractivity (Wildman–Crippen MR) is 98.2 cm³/mol. The Labute approximate surface area is 153 Å². The van der Waals surface area contributed by atoms with Crippen LogP contribution in [0, 0.1) is 0 Å². The molecule has 0 aromatic heterocycles. The lowest BCUT2D eigenvalue weighted by atomic mass is 10.3. The van der Waals surface area contributed by atoms with Crippen molar-refractivity contribution in [2.24, 2.45) is 0 Å². The van der Waals surface area contributed by atoms with Crippen molar-refractivity contribution in [3.05, 3.63) is 52.0 Å². The Morgan fingerprint density at radius 2 is 1.92 bits per heavy atom. The molecule has 0 saturated heterocycles. The molecule has 0 spiro atoms. The Kier molecular flexibility index (Phi) is 6.09. The van der Waals surface area contributed by atoms with E-state index < -0.39 is 10.0 Å². The van der Waals surface area contributed by atoms with Crippen LogP contribution in [0.5, 0.6) is 5.75 Å². The number of hydrogen-bond donors (Lipinski definition) is 2. The molecule has 0 heterocycles. The summed E-state index contributed by atoms with van der Waals surface area (Å²) in [5.41, 5.74) is 0.809. The molecular formula is C15H14BrClN2O4S. The normalized spacial score (nSPS) is 11.0. The largest absolute Gasteiger partial charge is 0.483 e. The first-order valence-corrected chi connectivity index (χ1v) is 9.75. The van der Waals surface area contributed by atoms with Crippen LogP contribution < -0.4 is 14.8 Å². The minimum absolute atomic E-state index is 0.204. The molecule has 2 rings (SSSR count). The van der Waals surface area contributed by atoms with Crippen molar-refractivity contribution in [1.82, 2.24) is 0 Å². The van der Waals surface area contributed by atoms with E-state index >= 15 is 0 Å². The van der Waals surface area contributed by atoms with Crippen molar-refractivity contribution >= 4 is 54.8 Å². The van der Waals surface area contributed by atoms with Gasteiger partial charge in [-0.2, -0.15) is 0 Å². The molecule has 0 bridgehead atoms. The van der Waals surface area contributed by atoms with E-state index in [9.17, 15) is 13.2 Å². The molecule has 2 N–H and O–H groups in total. The Balaban J connectivity index is 1.96. The molecule has 0 aliphatic rings. The fourth-order valence-corrected chi connectivity index (χ4v) is 3.16. The fraction of sp³-hybridized carbons (Fsp3) is 0.133. The fourth-order valence-electron chi connectivity index (χ4n) is 1.81. The van der Waals surface area contributed by atoms with Crippen molar-refractivity contribution in [2.75, 3.05) is 22.9 Å². The van der Waals surface area contributed by atoms with Gasteiger partial charge in [0.05, 0.1) is 16.4 Å². The number of hydrogen-bond acceptors (Lipinski definition) is 4. The van der Waals surface area contributed by atoms with E-state index in [1.807, 2.05) is 0 Å². The average molecular weight is 434 g/mol. The van der Waals surface area contributed by atoms with E-state index in [4.69, 9.17) is 16.3 Å². The highest BCUT2D eigenvalue weighted by molar-refractivity contribution is 9.10. The van der Waals surface area contributed by atoms with Crippen LogP contribution in [0.1, 0.15) is 0 Å². The zero-order valence-corrected chi connectivity index (χ0v) is 15.7. The van der Waals surface area contributed by atoms with Gasteiger partial charge in [0.1, 0.15) is 5.75 Å². The quantitative estimate of drug-likeness (QED) is 0.730. The molecule has 0 fully saturated rings. The van der Waals surface area contributed by atoms with Crippen LogP contribution in [-0.2, 0) is 14.8 Å². The van der Waals surface area contributed by atoms with Gasteiger partial charge in [-0.25, -0.2) is 8.42 Å². The molecule has 0 unspecified atom stereocenters. The first-order valence-electron chi connectivity index (χ1n) is 6.68. The third-order valence-corrected chi connectivity index (χ3v) is 4.16. The molecule has 9 heteroatoms. The van der Waals surface area contributed by atoms with E-state index in [0.29, 0.717) is 26.6 Å². The monoisotopic (exact) mass is 432 g/mol. The number of carbonyl (C=O) groups excluding carboxylic acids is 1. The lowest BCUT2D eigenvalue weighted by molar-refractivity contribution is -0.118. The summed E-state index contributed by atoms with van der Waals surface area (Å²) in [6.45, 7) is -0.204. The number of rotatable bonds is 6. The highest BCUT2D eigenvalue weighted by atomic mass is 79.9. The van der Waals surface area contributed by atoms with Gasteiger partial charge in [-0.1, -0.05) is 17.7 Å². The van der Waals surface area contributed by atoms with E-state index in [0.717, 1.165) is 6.26 Å². The lowest BCUT2D eigenvalue weighted by Crippen LogP contribution is -2.20. The number of halogens is 2. The molecule has 128 valence electrons. The van der Waals surface area contributed by atoms with Crippen LogP contribution in [0.2, 0.25) is 5.02 Å². The summed E-state index contributed by atoms with van der Waals surface area (Å²) in [4.78, 5) is 11.9. The standard InChI is InChI=1S/C15H14BrClN2O4S/c1-24(21,22)19-12-4-2-3-11(8-12)18-15(20)9-23-14-6-5-10(17)7-13(14)16/h2-8,19H,9H2,1H3,(H,18,20). The zero-order valence-electron chi connectivity index (χ0n) is 12.5. The summed E-state index contributed by atoms with van der Waals surface area (Å²) in [5.74, 6) is 0.107. The van der Waals surface area contributed by atoms with Crippen LogP contribution in [0.25, 0.3) is 0 Å². The highest BCUT2D eigenvalue weighted by Crippen LogP contribution is 2.27. The Morgan fingerprint density at radius 1 is 1.21 bits per heavy atom.